The number of likely N-dealkylation sites (tertiary alicyclic amines) is 1. The lowest BCUT2D eigenvalue weighted by Crippen LogP contribution is -2.41. The maximum Gasteiger partial charge on any atom is 0.223 e. The Hall–Kier alpha value is -0.320. The van der Waals surface area contributed by atoms with Crippen LogP contribution >= 0.6 is 12.4 Å². The van der Waals surface area contributed by atoms with Gasteiger partial charge in [-0.25, -0.2) is 0 Å². The van der Waals surface area contributed by atoms with Crippen LogP contribution in [0.1, 0.15) is 19.3 Å². The van der Waals surface area contributed by atoms with Gasteiger partial charge < -0.3 is 15.4 Å². The number of rotatable bonds is 4. The molecule has 0 aromatic rings. The molecule has 1 aliphatic heterocycles. The molecule has 1 saturated heterocycles. The van der Waals surface area contributed by atoms with E-state index in [4.69, 9.17) is 10.5 Å². The first-order valence-electron chi connectivity index (χ1n) is 5.24. The van der Waals surface area contributed by atoms with Crippen molar-refractivity contribution in [2.24, 2.45) is 11.7 Å². The fourth-order valence-electron chi connectivity index (χ4n) is 1.94. The van der Waals surface area contributed by atoms with E-state index in [-0.39, 0.29) is 18.3 Å². The van der Waals surface area contributed by atoms with E-state index in [1.165, 1.54) is 6.42 Å². The van der Waals surface area contributed by atoms with Crippen molar-refractivity contribution in [3.05, 3.63) is 0 Å². The van der Waals surface area contributed by atoms with Gasteiger partial charge in [0.05, 0.1) is 6.61 Å². The molecule has 0 spiro atoms. The van der Waals surface area contributed by atoms with Crippen LogP contribution in [0.25, 0.3) is 0 Å². The maximum absolute atomic E-state index is 11.6. The number of nitrogens with zero attached hydrogens (tertiary/aromatic N) is 1. The van der Waals surface area contributed by atoms with Crippen LogP contribution in [-0.2, 0) is 9.53 Å². The van der Waals surface area contributed by atoms with Gasteiger partial charge in [0, 0.05) is 33.2 Å². The van der Waals surface area contributed by atoms with Crippen LogP contribution in [-0.4, -0.2) is 44.2 Å². The van der Waals surface area contributed by atoms with Gasteiger partial charge in [-0.05, 0) is 18.8 Å². The minimum atomic E-state index is 0. The highest BCUT2D eigenvalue weighted by atomic mass is 35.5. The Morgan fingerprint density at radius 1 is 1.60 bits per heavy atom. The number of hydrogen-bond acceptors (Lipinski definition) is 3. The first-order valence-corrected chi connectivity index (χ1v) is 5.24. The maximum atomic E-state index is 11.6. The number of hydrogen-bond donors (Lipinski definition) is 1. The third kappa shape index (κ3) is 4.82. The molecule has 0 aliphatic carbocycles. The Morgan fingerprint density at radius 3 is 2.93 bits per heavy atom. The number of methoxy groups -OCH3 is 1. The summed E-state index contributed by atoms with van der Waals surface area (Å²) < 4.78 is 5.11. The summed E-state index contributed by atoms with van der Waals surface area (Å²) in [7, 11) is 1.71. The highest BCUT2D eigenvalue weighted by Gasteiger charge is 2.22. The van der Waals surface area contributed by atoms with E-state index in [9.17, 15) is 4.79 Å². The Balaban J connectivity index is 0.00000196. The smallest absolute Gasteiger partial charge is 0.223 e. The van der Waals surface area contributed by atoms with Crippen LogP contribution < -0.4 is 5.73 Å². The topological polar surface area (TPSA) is 55.6 Å². The molecular weight excluding hydrogens is 216 g/mol. The third-order valence-electron chi connectivity index (χ3n) is 2.63. The van der Waals surface area contributed by atoms with E-state index < -0.39 is 0 Å². The van der Waals surface area contributed by atoms with E-state index in [2.05, 4.69) is 0 Å². The monoisotopic (exact) mass is 236 g/mol. The van der Waals surface area contributed by atoms with Gasteiger partial charge >= 0.3 is 0 Å². The molecule has 1 aliphatic rings. The predicted octanol–water partition coefficient (Wildman–Crippen LogP) is 0.642. The van der Waals surface area contributed by atoms with Crippen LogP contribution in [0, 0.1) is 5.92 Å². The van der Waals surface area contributed by atoms with Crippen molar-refractivity contribution in [3.8, 4) is 0 Å². The second kappa shape index (κ2) is 7.91. The Bertz CT molecular complexity index is 188. The van der Waals surface area contributed by atoms with Gasteiger partial charge in [-0.1, -0.05) is 0 Å². The molecule has 5 heteroatoms. The fraction of sp³-hybridized carbons (Fsp3) is 0.900. The normalized spacial score (nSPS) is 20.9. The van der Waals surface area contributed by atoms with Gasteiger partial charge in [-0.3, -0.25) is 4.79 Å². The molecule has 1 unspecified atom stereocenters. The second-order valence-electron chi connectivity index (χ2n) is 3.84. The standard InChI is InChI=1S/C10H20N2O2.ClH/c1-14-8-9-3-2-6-12(7-9)10(13)4-5-11;/h9H,2-8,11H2,1H3;1H. The molecule has 0 radical (unpaired) electrons. The summed E-state index contributed by atoms with van der Waals surface area (Å²) in [5.41, 5.74) is 5.36. The summed E-state index contributed by atoms with van der Waals surface area (Å²) in [6, 6.07) is 0. The summed E-state index contributed by atoms with van der Waals surface area (Å²) in [4.78, 5) is 13.5. The van der Waals surface area contributed by atoms with Gasteiger partial charge in [0.15, 0.2) is 0 Å². The molecule has 0 aromatic heterocycles. The van der Waals surface area contributed by atoms with Crippen molar-refractivity contribution in [2.75, 3.05) is 33.4 Å². The molecule has 90 valence electrons. The highest BCUT2D eigenvalue weighted by molar-refractivity contribution is 5.85. The molecule has 0 bridgehead atoms. The average Bonchev–Trinajstić information content (AvgIpc) is 2.19. The molecule has 1 rings (SSSR count). The van der Waals surface area contributed by atoms with E-state index in [1.807, 2.05) is 4.90 Å². The van der Waals surface area contributed by atoms with Crippen molar-refractivity contribution >= 4 is 18.3 Å². The molecule has 1 fully saturated rings. The van der Waals surface area contributed by atoms with Crippen molar-refractivity contribution in [2.45, 2.75) is 19.3 Å². The molecule has 2 N–H and O–H groups in total. The minimum absolute atomic E-state index is 0. The summed E-state index contributed by atoms with van der Waals surface area (Å²) in [5, 5.41) is 0. The molecule has 0 aromatic carbocycles. The molecule has 1 atom stereocenters. The van der Waals surface area contributed by atoms with Crippen LogP contribution in [0.4, 0.5) is 0 Å². The van der Waals surface area contributed by atoms with Crippen LogP contribution in [0.5, 0.6) is 0 Å². The van der Waals surface area contributed by atoms with Crippen LogP contribution in [0.2, 0.25) is 0 Å². The summed E-state index contributed by atoms with van der Waals surface area (Å²) >= 11 is 0. The zero-order chi connectivity index (χ0) is 10.4. The predicted molar refractivity (Wildman–Crippen MR) is 62.1 cm³/mol. The molecular formula is C10H21ClN2O2. The Morgan fingerprint density at radius 2 is 2.33 bits per heavy atom. The SMILES string of the molecule is COCC1CCCN(C(=O)CCN)C1.Cl. The zero-order valence-electron chi connectivity index (χ0n) is 9.28. The number of halogens is 1. The lowest BCUT2D eigenvalue weighted by molar-refractivity contribution is -0.133. The van der Waals surface area contributed by atoms with Gasteiger partial charge in [0.2, 0.25) is 5.91 Å². The lowest BCUT2D eigenvalue weighted by Gasteiger charge is -2.32. The highest BCUT2D eigenvalue weighted by Crippen LogP contribution is 2.16. The van der Waals surface area contributed by atoms with Crippen LogP contribution in [0.15, 0.2) is 0 Å². The summed E-state index contributed by atoms with van der Waals surface area (Å²) in [6.45, 7) is 2.93. The van der Waals surface area contributed by atoms with Gasteiger partial charge in [0.25, 0.3) is 0 Å². The Labute approximate surface area is 97.5 Å². The first-order chi connectivity index (χ1) is 6.77. The first kappa shape index (κ1) is 14.7. The van der Waals surface area contributed by atoms with Crippen molar-refractivity contribution in [1.29, 1.82) is 0 Å². The summed E-state index contributed by atoms with van der Waals surface area (Å²) in [5.74, 6) is 0.698. The lowest BCUT2D eigenvalue weighted by atomic mass is 9.99. The van der Waals surface area contributed by atoms with Crippen molar-refractivity contribution in [3.63, 3.8) is 0 Å². The molecule has 1 heterocycles. The molecule has 1 amide bonds. The minimum Gasteiger partial charge on any atom is -0.384 e. The van der Waals surface area contributed by atoms with E-state index in [1.54, 1.807) is 7.11 Å². The third-order valence-corrected chi connectivity index (χ3v) is 2.63. The van der Waals surface area contributed by atoms with E-state index in [0.29, 0.717) is 18.9 Å². The summed E-state index contributed by atoms with van der Waals surface area (Å²) in [6.07, 6.45) is 2.73. The van der Waals surface area contributed by atoms with Gasteiger partial charge in [-0.2, -0.15) is 0 Å². The Kier molecular flexibility index (Phi) is 7.74. The quantitative estimate of drug-likeness (QED) is 0.780. The van der Waals surface area contributed by atoms with Crippen molar-refractivity contribution in [1.82, 2.24) is 4.90 Å². The largest absolute Gasteiger partial charge is 0.384 e. The number of amides is 1. The van der Waals surface area contributed by atoms with Gasteiger partial charge in [0.1, 0.15) is 0 Å². The zero-order valence-corrected chi connectivity index (χ0v) is 10.1. The number of carbonyl (C=O) groups is 1. The number of ether oxygens (including phenoxy) is 1. The van der Waals surface area contributed by atoms with Gasteiger partial charge in [-0.15, -0.1) is 12.4 Å². The van der Waals surface area contributed by atoms with E-state index >= 15 is 0 Å². The van der Waals surface area contributed by atoms with E-state index in [0.717, 1.165) is 26.1 Å². The molecule has 4 nitrogen and oxygen atoms in total. The number of carbonyl (C=O) groups excluding carboxylic acids is 1. The molecule has 0 saturated carbocycles. The number of nitrogens with two attached hydrogens (primary N) is 1. The number of piperidine rings is 1. The fourth-order valence-corrected chi connectivity index (χ4v) is 1.94. The van der Waals surface area contributed by atoms with Crippen molar-refractivity contribution < 1.29 is 9.53 Å². The van der Waals surface area contributed by atoms with Crippen LogP contribution in [0.3, 0.4) is 0 Å². The average molecular weight is 237 g/mol. The second-order valence-corrected chi connectivity index (χ2v) is 3.84. The molecule has 15 heavy (non-hydrogen) atoms.